The van der Waals surface area contributed by atoms with Gasteiger partial charge in [0.1, 0.15) is 6.04 Å². The topological polar surface area (TPSA) is 111 Å². The lowest BCUT2D eigenvalue weighted by Crippen LogP contribution is -2.47. The number of halogens is 2. The Kier molecular flexibility index (Phi) is 5.74. The van der Waals surface area contributed by atoms with Crippen molar-refractivity contribution < 1.29 is 13.6 Å². The van der Waals surface area contributed by atoms with Crippen molar-refractivity contribution in [3.63, 3.8) is 0 Å². The van der Waals surface area contributed by atoms with Gasteiger partial charge < -0.3 is 16.4 Å². The second-order valence-corrected chi connectivity index (χ2v) is 5.13. The highest BCUT2D eigenvalue weighted by Crippen LogP contribution is 2.13. The third-order valence-electron chi connectivity index (χ3n) is 3.32. The lowest BCUT2D eigenvalue weighted by atomic mass is 10.2. The van der Waals surface area contributed by atoms with E-state index in [0.29, 0.717) is 12.1 Å². The van der Waals surface area contributed by atoms with Crippen LogP contribution in [0.4, 0.5) is 14.7 Å². The van der Waals surface area contributed by atoms with E-state index in [1.807, 2.05) is 18.2 Å². The molecule has 1 amide bonds. The van der Waals surface area contributed by atoms with Gasteiger partial charge in [0.05, 0.1) is 18.8 Å². The summed E-state index contributed by atoms with van der Waals surface area (Å²) in [5, 5.41) is 16.3. The average molecular weight is 339 g/mol. The molecule has 0 aliphatic rings. The van der Waals surface area contributed by atoms with E-state index in [-0.39, 0.29) is 5.95 Å². The Balaban J connectivity index is 2.06. The molecule has 130 valence electrons. The van der Waals surface area contributed by atoms with Crippen molar-refractivity contribution in [2.24, 2.45) is 5.73 Å². The zero-order valence-corrected chi connectivity index (χ0v) is 13.1. The summed E-state index contributed by atoms with van der Waals surface area (Å²) in [5.41, 5.74) is 5.65. The van der Waals surface area contributed by atoms with E-state index in [1.165, 1.54) is 4.68 Å². The summed E-state index contributed by atoms with van der Waals surface area (Å²) in [6.45, 7) is 0.100. The maximum atomic E-state index is 13.1. The van der Waals surface area contributed by atoms with Gasteiger partial charge in [-0.1, -0.05) is 30.2 Å². The molecule has 1 heterocycles. The first kappa shape index (κ1) is 17.7. The zero-order chi connectivity index (χ0) is 17.6. The number of anilines is 1. The molecular weight excluding hydrogens is 320 g/mol. The summed E-state index contributed by atoms with van der Waals surface area (Å²) in [6, 6.07) is 8.32. The number of alkyl halides is 2. The molecular formula is C14H19F2N7O. The van der Waals surface area contributed by atoms with Crippen LogP contribution in [0.1, 0.15) is 13.3 Å². The van der Waals surface area contributed by atoms with Gasteiger partial charge in [-0.15, -0.1) is 0 Å². The number of nitrogens with two attached hydrogens (primary N) is 1. The number of nitrogens with zero attached hydrogens (tertiary/aromatic N) is 4. The van der Waals surface area contributed by atoms with Crippen LogP contribution in [0, 0.1) is 0 Å². The predicted octanol–water partition coefficient (Wildman–Crippen LogP) is 0.563. The van der Waals surface area contributed by atoms with Crippen LogP contribution in [0.5, 0.6) is 0 Å². The van der Waals surface area contributed by atoms with E-state index in [9.17, 15) is 13.6 Å². The molecule has 0 saturated carbocycles. The van der Waals surface area contributed by atoms with Gasteiger partial charge in [0.25, 0.3) is 5.92 Å². The van der Waals surface area contributed by atoms with Gasteiger partial charge in [-0.25, -0.2) is 8.78 Å². The molecule has 2 aromatic rings. The Morgan fingerprint density at radius 1 is 1.38 bits per heavy atom. The SMILES string of the molecule is CCC(Nc1nnnn1-c1ccccc1)C(=O)NCC(F)(F)CN. The van der Waals surface area contributed by atoms with Gasteiger partial charge in [0.15, 0.2) is 0 Å². The van der Waals surface area contributed by atoms with Crippen molar-refractivity contribution in [3.8, 4) is 5.69 Å². The number of hydrogen-bond acceptors (Lipinski definition) is 6. The maximum absolute atomic E-state index is 13.1. The highest BCUT2D eigenvalue weighted by Gasteiger charge is 2.29. The number of hydrogen-bond donors (Lipinski definition) is 3. The number of amides is 1. The Morgan fingerprint density at radius 3 is 2.71 bits per heavy atom. The minimum absolute atomic E-state index is 0.244. The number of carbonyl (C=O) groups is 1. The lowest BCUT2D eigenvalue weighted by molar-refractivity contribution is -0.123. The first-order valence-electron chi connectivity index (χ1n) is 7.43. The molecule has 8 nitrogen and oxygen atoms in total. The molecule has 0 aliphatic carbocycles. The summed E-state index contributed by atoms with van der Waals surface area (Å²) in [6.07, 6.45) is 0.363. The Bertz CT molecular complexity index is 662. The second kappa shape index (κ2) is 7.77. The number of para-hydroxylation sites is 1. The van der Waals surface area contributed by atoms with Crippen LogP contribution in [-0.2, 0) is 4.79 Å². The van der Waals surface area contributed by atoms with Crippen molar-refractivity contribution in [2.75, 3.05) is 18.4 Å². The molecule has 2 rings (SSSR count). The molecule has 1 aromatic heterocycles. The zero-order valence-electron chi connectivity index (χ0n) is 13.1. The van der Waals surface area contributed by atoms with Gasteiger partial charge in [-0.05, 0) is 29.0 Å². The molecule has 0 bridgehead atoms. The number of nitrogens with one attached hydrogen (secondary N) is 2. The van der Waals surface area contributed by atoms with Crippen molar-refractivity contribution in [3.05, 3.63) is 30.3 Å². The van der Waals surface area contributed by atoms with Crippen LogP contribution in [0.25, 0.3) is 5.69 Å². The van der Waals surface area contributed by atoms with Crippen molar-refractivity contribution in [2.45, 2.75) is 25.3 Å². The van der Waals surface area contributed by atoms with Crippen molar-refractivity contribution in [1.82, 2.24) is 25.5 Å². The molecule has 0 fully saturated rings. The summed E-state index contributed by atoms with van der Waals surface area (Å²) in [7, 11) is 0. The fourth-order valence-corrected chi connectivity index (χ4v) is 1.94. The monoisotopic (exact) mass is 339 g/mol. The Hall–Kier alpha value is -2.62. The normalized spacial score (nSPS) is 12.7. The van der Waals surface area contributed by atoms with E-state index < -0.39 is 31.0 Å². The Labute approximate surface area is 137 Å². The van der Waals surface area contributed by atoms with Crippen LogP contribution in [-0.4, -0.2) is 51.2 Å². The van der Waals surface area contributed by atoms with Gasteiger partial charge in [-0.2, -0.15) is 4.68 Å². The molecule has 0 radical (unpaired) electrons. The van der Waals surface area contributed by atoms with E-state index >= 15 is 0 Å². The molecule has 1 unspecified atom stereocenters. The molecule has 10 heteroatoms. The summed E-state index contributed by atoms with van der Waals surface area (Å²) in [5.74, 6) is -3.47. The minimum Gasteiger partial charge on any atom is -0.348 e. The summed E-state index contributed by atoms with van der Waals surface area (Å²) >= 11 is 0. The van der Waals surface area contributed by atoms with Crippen LogP contribution < -0.4 is 16.4 Å². The molecule has 0 aliphatic heterocycles. The second-order valence-electron chi connectivity index (χ2n) is 5.13. The van der Waals surface area contributed by atoms with Gasteiger partial charge in [-0.3, -0.25) is 4.79 Å². The summed E-state index contributed by atoms with van der Waals surface area (Å²) < 4.78 is 27.7. The molecule has 24 heavy (non-hydrogen) atoms. The van der Waals surface area contributed by atoms with Gasteiger partial charge in [0, 0.05) is 0 Å². The van der Waals surface area contributed by atoms with Gasteiger partial charge in [0.2, 0.25) is 11.9 Å². The average Bonchev–Trinajstić information content (AvgIpc) is 3.06. The minimum atomic E-state index is -3.14. The highest BCUT2D eigenvalue weighted by atomic mass is 19.3. The number of tetrazole rings is 1. The van der Waals surface area contributed by atoms with Crippen molar-refractivity contribution in [1.29, 1.82) is 0 Å². The lowest BCUT2D eigenvalue weighted by Gasteiger charge is -2.19. The molecule has 0 saturated heterocycles. The molecule has 4 N–H and O–H groups in total. The first-order chi connectivity index (χ1) is 11.5. The highest BCUT2D eigenvalue weighted by molar-refractivity contribution is 5.84. The third kappa shape index (κ3) is 4.44. The predicted molar refractivity (Wildman–Crippen MR) is 83.9 cm³/mol. The molecule has 1 atom stereocenters. The van der Waals surface area contributed by atoms with Crippen LogP contribution >= 0.6 is 0 Å². The largest absolute Gasteiger partial charge is 0.348 e. The van der Waals surface area contributed by atoms with E-state index in [4.69, 9.17) is 5.73 Å². The number of rotatable bonds is 8. The quantitative estimate of drug-likeness (QED) is 0.648. The third-order valence-corrected chi connectivity index (χ3v) is 3.32. The number of benzene rings is 1. The van der Waals surface area contributed by atoms with Crippen LogP contribution in [0.3, 0.4) is 0 Å². The molecule has 0 spiro atoms. The fraction of sp³-hybridized carbons (Fsp3) is 0.429. The van der Waals surface area contributed by atoms with Crippen molar-refractivity contribution >= 4 is 11.9 Å². The standard InChI is InChI=1S/C14H19F2N7O/c1-2-11(12(24)18-9-14(15,16)8-17)19-13-20-21-22-23(13)10-6-4-3-5-7-10/h3-7,11H,2,8-9,17H2,1H3,(H,18,24)(H,19,20,22). The fourth-order valence-electron chi connectivity index (χ4n) is 1.94. The number of aromatic nitrogens is 4. The van der Waals surface area contributed by atoms with E-state index in [0.717, 1.165) is 0 Å². The van der Waals surface area contributed by atoms with Gasteiger partial charge >= 0.3 is 0 Å². The first-order valence-corrected chi connectivity index (χ1v) is 7.43. The van der Waals surface area contributed by atoms with E-state index in [2.05, 4.69) is 26.2 Å². The molecule has 1 aromatic carbocycles. The van der Waals surface area contributed by atoms with Crippen LogP contribution in [0.2, 0.25) is 0 Å². The Morgan fingerprint density at radius 2 is 2.08 bits per heavy atom. The number of carbonyl (C=O) groups excluding carboxylic acids is 1. The van der Waals surface area contributed by atoms with Crippen LogP contribution in [0.15, 0.2) is 30.3 Å². The van der Waals surface area contributed by atoms with E-state index in [1.54, 1.807) is 19.1 Å². The maximum Gasteiger partial charge on any atom is 0.277 e. The smallest absolute Gasteiger partial charge is 0.277 e. The summed E-state index contributed by atoms with van der Waals surface area (Å²) in [4.78, 5) is 12.1.